The molecule has 0 bridgehead atoms. The van der Waals surface area contributed by atoms with Crippen LogP contribution in [-0.4, -0.2) is 25.7 Å². The highest BCUT2D eigenvalue weighted by Gasteiger charge is 2.12. The minimum atomic E-state index is 0.0678. The van der Waals surface area contributed by atoms with Crippen LogP contribution in [0.3, 0.4) is 0 Å². The summed E-state index contributed by atoms with van der Waals surface area (Å²) in [6.07, 6.45) is 0. The minimum Gasteiger partial charge on any atom is -0.383 e. The quantitative estimate of drug-likeness (QED) is 0.334. The van der Waals surface area contributed by atoms with E-state index in [0.29, 0.717) is 12.6 Å². The van der Waals surface area contributed by atoms with Gasteiger partial charge in [-0.3, -0.25) is 5.43 Å². The van der Waals surface area contributed by atoms with Crippen molar-refractivity contribution < 1.29 is 4.74 Å². The molecule has 0 radical (unpaired) electrons. The number of aryl methyl sites for hydroxylation is 2. The predicted octanol–water partition coefficient (Wildman–Crippen LogP) is 1.87. The smallest absolute Gasteiger partial charge is 0.206 e. The average molecular weight is 284 g/mol. The predicted molar refractivity (Wildman–Crippen MR) is 81.4 cm³/mol. The molecule has 19 heavy (non-hydrogen) atoms. The summed E-state index contributed by atoms with van der Waals surface area (Å²) < 4.78 is 5.08. The van der Waals surface area contributed by atoms with E-state index in [0.717, 1.165) is 0 Å². The number of aliphatic imine (C=N–C) groups is 1. The Bertz CT molecular complexity index is 430. The Morgan fingerprint density at radius 1 is 1.47 bits per heavy atom. The SMILES string of the molecule is COCC(C)NC(=NC(C)c1cc(C)sc1C)NN. The van der Waals surface area contributed by atoms with Gasteiger partial charge in [0.2, 0.25) is 5.96 Å². The van der Waals surface area contributed by atoms with Gasteiger partial charge in [-0.25, -0.2) is 10.8 Å². The molecule has 2 atom stereocenters. The van der Waals surface area contributed by atoms with E-state index in [9.17, 15) is 0 Å². The van der Waals surface area contributed by atoms with Crippen LogP contribution in [0.5, 0.6) is 0 Å². The molecule has 0 saturated heterocycles. The standard InChI is InChI=1S/C13H24N4OS/c1-8(7-18-5)15-13(17-14)16-10(3)12-6-9(2)19-11(12)4/h6,8,10H,7,14H2,1-5H3,(H2,15,16,17). The van der Waals surface area contributed by atoms with Gasteiger partial charge in [-0.05, 0) is 39.3 Å². The first-order valence-electron chi connectivity index (χ1n) is 6.34. The van der Waals surface area contributed by atoms with E-state index < -0.39 is 0 Å². The Labute approximate surface area is 119 Å². The van der Waals surface area contributed by atoms with Crippen LogP contribution in [0.25, 0.3) is 0 Å². The van der Waals surface area contributed by atoms with E-state index in [1.165, 1.54) is 15.3 Å². The summed E-state index contributed by atoms with van der Waals surface area (Å²) in [6.45, 7) is 8.91. The fourth-order valence-electron chi connectivity index (χ4n) is 1.97. The van der Waals surface area contributed by atoms with E-state index >= 15 is 0 Å². The number of hydrogen-bond donors (Lipinski definition) is 3. The molecule has 0 aliphatic carbocycles. The first kappa shape index (κ1) is 15.9. The maximum Gasteiger partial charge on any atom is 0.206 e. The Balaban J connectivity index is 2.77. The Kier molecular flexibility index (Phi) is 6.27. The largest absolute Gasteiger partial charge is 0.383 e. The minimum absolute atomic E-state index is 0.0678. The van der Waals surface area contributed by atoms with E-state index in [4.69, 9.17) is 10.6 Å². The van der Waals surface area contributed by atoms with Crippen LogP contribution < -0.4 is 16.6 Å². The van der Waals surface area contributed by atoms with E-state index in [1.807, 2.05) is 6.92 Å². The molecular formula is C13H24N4OS. The molecule has 0 amide bonds. The molecule has 1 heterocycles. The summed E-state index contributed by atoms with van der Waals surface area (Å²) >= 11 is 1.79. The zero-order valence-electron chi connectivity index (χ0n) is 12.3. The third kappa shape index (κ3) is 4.81. The molecule has 2 unspecified atom stereocenters. The molecule has 108 valence electrons. The van der Waals surface area contributed by atoms with Crippen molar-refractivity contribution in [2.24, 2.45) is 10.8 Å². The number of thiophene rings is 1. The van der Waals surface area contributed by atoms with Crippen LogP contribution in [0.15, 0.2) is 11.1 Å². The maximum atomic E-state index is 5.51. The second kappa shape index (κ2) is 7.47. The van der Waals surface area contributed by atoms with Crippen molar-refractivity contribution in [1.29, 1.82) is 0 Å². The van der Waals surface area contributed by atoms with Crippen molar-refractivity contribution in [1.82, 2.24) is 10.7 Å². The molecule has 6 heteroatoms. The van der Waals surface area contributed by atoms with Gasteiger partial charge in [0.05, 0.1) is 12.6 Å². The number of nitrogens with two attached hydrogens (primary N) is 1. The van der Waals surface area contributed by atoms with Gasteiger partial charge in [-0.2, -0.15) is 0 Å². The van der Waals surface area contributed by atoms with Gasteiger partial charge >= 0.3 is 0 Å². The van der Waals surface area contributed by atoms with Crippen LogP contribution in [0.4, 0.5) is 0 Å². The lowest BCUT2D eigenvalue weighted by Crippen LogP contribution is -2.47. The zero-order valence-corrected chi connectivity index (χ0v) is 13.1. The first-order valence-corrected chi connectivity index (χ1v) is 7.16. The normalized spacial score (nSPS) is 15.2. The third-order valence-electron chi connectivity index (χ3n) is 2.79. The number of nitrogens with zero attached hydrogens (tertiary/aromatic N) is 1. The summed E-state index contributed by atoms with van der Waals surface area (Å²) in [5.74, 6) is 6.09. The highest BCUT2D eigenvalue weighted by Crippen LogP contribution is 2.28. The lowest BCUT2D eigenvalue weighted by atomic mass is 10.1. The zero-order chi connectivity index (χ0) is 14.4. The number of methoxy groups -OCH3 is 1. The Hall–Kier alpha value is -1.11. The molecule has 0 saturated carbocycles. The maximum absolute atomic E-state index is 5.51. The van der Waals surface area contributed by atoms with E-state index in [2.05, 4.69) is 42.6 Å². The molecule has 0 aliphatic rings. The van der Waals surface area contributed by atoms with Crippen molar-refractivity contribution in [3.8, 4) is 0 Å². The van der Waals surface area contributed by atoms with E-state index in [-0.39, 0.29) is 12.1 Å². The summed E-state index contributed by atoms with van der Waals surface area (Å²) in [5, 5.41) is 3.19. The lowest BCUT2D eigenvalue weighted by Gasteiger charge is -2.17. The van der Waals surface area contributed by atoms with Crippen molar-refractivity contribution >= 4 is 17.3 Å². The fourth-order valence-corrected chi connectivity index (χ4v) is 2.99. The molecular weight excluding hydrogens is 260 g/mol. The van der Waals surface area contributed by atoms with E-state index in [1.54, 1.807) is 18.4 Å². The summed E-state index contributed by atoms with van der Waals surface area (Å²) in [4.78, 5) is 7.19. The van der Waals surface area contributed by atoms with Crippen LogP contribution in [-0.2, 0) is 4.74 Å². The lowest BCUT2D eigenvalue weighted by molar-refractivity contribution is 0.179. The van der Waals surface area contributed by atoms with Crippen molar-refractivity contribution in [2.45, 2.75) is 39.8 Å². The second-order valence-electron chi connectivity index (χ2n) is 4.67. The number of nitrogens with one attached hydrogen (secondary N) is 2. The van der Waals surface area contributed by atoms with Crippen LogP contribution in [0.2, 0.25) is 0 Å². The van der Waals surface area contributed by atoms with Gasteiger partial charge in [0, 0.05) is 22.9 Å². The van der Waals surface area contributed by atoms with Gasteiger partial charge in [-0.1, -0.05) is 0 Å². The number of hydrazine groups is 1. The van der Waals surface area contributed by atoms with Gasteiger partial charge in [0.15, 0.2) is 0 Å². The van der Waals surface area contributed by atoms with Crippen LogP contribution >= 0.6 is 11.3 Å². The Morgan fingerprint density at radius 3 is 2.63 bits per heavy atom. The monoisotopic (exact) mass is 284 g/mol. The van der Waals surface area contributed by atoms with Crippen LogP contribution in [0, 0.1) is 13.8 Å². The molecule has 4 N–H and O–H groups in total. The molecule has 1 rings (SSSR count). The van der Waals surface area contributed by atoms with Gasteiger partial charge in [0.25, 0.3) is 0 Å². The third-order valence-corrected chi connectivity index (χ3v) is 3.77. The number of rotatable bonds is 5. The highest BCUT2D eigenvalue weighted by atomic mass is 32.1. The van der Waals surface area contributed by atoms with Crippen molar-refractivity contribution in [2.75, 3.05) is 13.7 Å². The molecule has 5 nitrogen and oxygen atoms in total. The molecule has 0 aliphatic heterocycles. The van der Waals surface area contributed by atoms with Gasteiger partial charge in [0.1, 0.15) is 0 Å². The summed E-state index contributed by atoms with van der Waals surface area (Å²) in [5.41, 5.74) is 3.85. The average Bonchev–Trinajstić information content (AvgIpc) is 2.67. The molecule has 1 aromatic heterocycles. The number of guanidine groups is 1. The molecule has 1 aromatic rings. The number of ether oxygens (including phenoxy) is 1. The molecule has 0 fully saturated rings. The molecule has 0 aromatic carbocycles. The second-order valence-corrected chi connectivity index (χ2v) is 6.13. The highest BCUT2D eigenvalue weighted by molar-refractivity contribution is 7.12. The number of hydrogen-bond acceptors (Lipinski definition) is 4. The summed E-state index contributed by atoms with van der Waals surface area (Å²) in [6, 6.07) is 2.40. The van der Waals surface area contributed by atoms with Crippen LogP contribution in [0.1, 0.15) is 35.2 Å². The summed E-state index contributed by atoms with van der Waals surface area (Å²) in [7, 11) is 1.67. The fraction of sp³-hybridized carbons (Fsp3) is 0.615. The van der Waals surface area contributed by atoms with Gasteiger partial charge < -0.3 is 10.1 Å². The van der Waals surface area contributed by atoms with Crippen molar-refractivity contribution in [3.63, 3.8) is 0 Å². The Morgan fingerprint density at radius 2 is 2.16 bits per heavy atom. The topological polar surface area (TPSA) is 71.7 Å². The first-order chi connectivity index (χ1) is 8.97. The van der Waals surface area contributed by atoms with Gasteiger partial charge in [-0.15, -0.1) is 11.3 Å². The van der Waals surface area contributed by atoms with Crippen molar-refractivity contribution in [3.05, 3.63) is 21.4 Å². The molecule has 0 spiro atoms.